The van der Waals surface area contributed by atoms with Crippen LogP contribution in [0.15, 0.2) is 36.8 Å². The van der Waals surface area contributed by atoms with Gasteiger partial charge in [-0.15, -0.1) is 0 Å². The fourth-order valence-electron chi connectivity index (χ4n) is 0.918. The highest BCUT2D eigenvalue weighted by atomic mass is 16.5. The fraction of sp³-hybridized carbons (Fsp3) is 0.400. The molecule has 2 nitrogen and oxygen atoms in total. The highest BCUT2D eigenvalue weighted by molar-refractivity contribution is 5.27. The summed E-state index contributed by atoms with van der Waals surface area (Å²) in [5.41, 5.74) is 1.01. The van der Waals surface area contributed by atoms with Crippen LogP contribution in [0.25, 0.3) is 0 Å². The summed E-state index contributed by atoms with van der Waals surface area (Å²) in [5, 5.41) is 0. The Morgan fingerprint density at radius 1 is 1.33 bits per heavy atom. The molecule has 2 heteroatoms. The molecule has 0 atom stereocenters. The summed E-state index contributed by atoms with van der Waals surface area (Å²) in [6.07, 6.45) is 3.46. The maximum Gasteiger partial charge on any atom is 0.161 e. The van der Waals surface area contributed by atoms with Crippen LogP contribution in [0.3, 0.4) is 0 Å². The summed E-state index contributed by atoms with van der Waals surface area (Å²) in [6.45, 7) is 11.9. The van der Waals surface area contributed by atoms with E-state index in [4.69, 9.17) is 4.74 Å². The second kappa shape index (κ2) is 5.47. The lowest BCUT2D eigenvalue weighted by Gasteiger charge is -2.07. The van der Waals surface area contributed by atoms with Crippen LogP contribution >= 0.6 is 0 Å². The number of hydrogen-bond donors (Lipinski definition) is 0. The van der Waals surface area contributed by atoms with E-state index >= 15 is 0 Å². The number of hydrogen-bond acceptors (Lipinski definition) is 2. The number of likely N-dealkylation sites (N-methyl/N-ethyl adjacent to an activating group) is 1. The van der Waals surface area contributed by atoms with Gasteiger partial charge in [-0.2, -0.15) is 0 Å². The molecule has 0 unspecified atom stereocenters. The highest BCUT2D eigenvalue weighted by Gasteiger charge is 2.14. The fourth-order valence-corrected chi connectivity index (χ4v) is 0.918. The molecule has 0 aliphatic carbocycles. The molecule has 0 amide bonds. The summed E-state index contributed by atoms with van der Waals surface area (Å²) in [7, 11) is 1.95. The first-order chi connectivity index (χ1) is 5.79. The lowest BCUT2D eigenvalue weighted by molar-refractivity contribution is 0.175. The van der Waals surface area contributed by atoms with Gasteiger partial charge in [-0.1, -0.05) is 27.0 Å². The minimum Gasteiger partial charge on any atom is -0.471 e. The Balaban J connectivity index is 0.000000561. The van der Waals surface area contributed by atoms with Crippen LogP contribution in [0.5, 0.6) is 0 Å². The quantitative estimate of drug-likeness (QED) is 0.626. The molecule has 1 aliphatic heterocycles. The van der Waals surface area contributed by atoms with Gasteiger partial charge in [0.2, 0.25) is 0 Å². The molecule has 0 saturated heterocycles. The molecule has 0 saturated carbocycles. The SMILES string of the molecule is C=CC1=C(C=C)N(C)CO1.CC. The molecule has 12 heavy (non-hydrogen) atoms. The lowest BCUT2D eigenvalue weighted by atomic mass is 10.3. The van der Waals surface area contributed by atoms with Crippen molar-refractivity contribution in [3.8, 4) is 0 Å². The van der Waals surface area contributed by atoms with Gasteiger partial charge >= 0.3 is 0 Å². The Kier molecular flexibility index (Phi) is 4.93. The predicted octanol–water partition coefficient (Wildman–Crippen LogP) is 2.52. The van der Waals surface area contributed by atoms with E-state index in [2.05, 4.69) is 13.2 Å². The van der Waals surface area contributed by atoms with Gasteiger partial charge in [0.05, 0.1) is 5.70 Å². The average Bonchev–Trinajstić information content (AvgIpc) is 2.49. The van der Waals surface area contributed by atoms with Crippen molar-refractivity contribution in [1.29, 1.82) is 0 Å². The van der Waals surface area contributed by atoms with E-state index in [0.29, 0.717) is 6.73 Å². The summed E-state index contributed by atoms with van der Waals surface area (Å²) < 4.78 is 5.23. The molecular formula is C10H17NO. The van der Waals surface area contributed by atoms with E-state index in [1.165, 1.54) is 0 Å². The molecule has 0 radical (unpaired) electrons. The summed E-state index contributed by atoms with van der Waals surface area (Å²) >= 11 is 0. The first-order valence-electron chi connectivity index (χ1n) is 4.12. The van der Waals surface area contributed by atoms with Crippen molar-refractivity contribution >= 4 is 0 Å². The number of allylic oxidation sites excluding steroid dienone is 2. The van der Waals surface area contributed by atoms with E-state index in [1.807, 2.05) is 25.8 Å². The topological polar surface area (TPSA) is 12.5 Å². The molecule has 0 N–H and O–H groups in total. The standard InChI is InChI=1S/C8H11NO.C2H6/c1-4-7-8(5-2)10-6-9(7)3;1-2/h4-5H,1-2,6H2,3H3;1-2H3. The van der Waals surface area contributed by atoms with Gasteiger partial charge in [0.15, 0.2) is 6.73 Å². The van der Waals surface area contributed by atoms with Gasteiger partial charge < -0.3 is 9.64 Å². The monoisotopic (exact) mass is 167 g/mol. The van der Waals surface area contributed by atoms with Crippen molar-refractivity contribution < 1.29 is 4.74 Å². The van der Waals surface area contributed by atoms with Crippen LogP contribution in [-0.2, 0) is 4.74 Å². The van der Waals surface area contributed by atoms with Gasteiger partial charge in [-0.3, -0.25) is 0 Å². The van der Waals surface area contributed by atoms with Crippen LogP contribution in [0.1, 0.15) is 13.8 Å². The van der Waals surface area contributed by atoms with E-state index in [1.54, 1.807) is 12.2 Å². The Hall–Kier alpha value is -1.18. The summed E-state index contributed by atoms with van der Waals surface area (Å²) in [6, 6.07) is 0. The second-order valence-corrected chi connectivity index (χ2v) is 2.13. The van der Waals surface area contributed by atoms with Crippen molar-refractivity contribution in [2.24, 2.45) is 0 Å². The zero-order valence-electron chi connectivity index (χ0n) is 8.13. The largest absolute Gasteiger partial charge is 0.471 e. The molecular weight excluding hydrogens is 150 g/mol. The van der Waals surface area contributed by atoms with Crippen molar-refractivity contribution in [2.75, 3.05) is 13.8 Å². The molecule has 68 valence electrons. The molecule has 1 rings (SSSR count). The van der Waals surface area contributed by atoms with Crippen LogP contribution < -0.4 is 0 Å². The molecule has 0 fully saturated rings. The van der Waals surface area contributed by atoms with E-state index in [-0.39, 0.29) is 0 Å². The van der Waals surface area contributed by atoms with Crippen molar-refractivity contribution in [1.82, 2.24) is 4.90 Å². The normalized spacial score (nSPS) is 14.8. The van der Waals surface area contributed by atoms with E-state index in [0.717, 1.165) is 11.5 Å². The third-order valence-corrected chi connectivity index (χ3v) is 1.46. The number of nitrogens with zero attached hydrogens (tertiary/aromatic N) is 1. The minimum atomic E-state index is 0.600. The van der Waals surface area contributed by atoms with Gasteiger partial charge in [0, 0.05) is 7.05 Å². The average molecular weight is 167 g/mol. The first-order valence-corrected chi connectivity index (χ1v) is 4.12. The van der Waals surface area contributed by atoms with Crippen LogP contribution in [0.2, 0.25) is 0 Å². The van der Waals surface area contributed by atoms with Crippen molar-refractivity contribution in [3.63, 3.8) is 0 Å². The molecule has 0 aromatic rings. The first kappa shape index (κ1) is 10.8. The molecule has 0 aromatic carbocycles. The van der Waals surface area contributed by atoms with Crippen LogP contribution in [0.4, 0.5) is 0 Å². The van der Waals surface area contributed by atoms with E-state index < -0.39 is 0 Å². The van der Waals surface area contributed by atoms with Gasteiger partial charge in [0.1, 0.15) is 5.76 Å². The molecule has 0 spiro atoms. The third-order valence-electron chi connectivity index (χ3n) is 1.46. The van der Waals surface area contributed by atoms with Gasteiger partial charge in [-0.25, -0.2) is 0 Å². The molecule has 0 aromatic heterocycles. The predicted molar refractivity (Wildman–Crippen MR) is 52.5 cm³/mol. The molecule has 0 bridgehead atoms. The Bertz CT molecular complexity index is 194. The third kappa shape index (κ3) is 2.16. The van der Waals surface area contributed by atoms with Crippen LogP contribution in [0, 0.1) is 0 Å². The van der Waals surface area contributed by atoms with Crippen molar-refractivity contribution in [2.45, 2.75) is 13.8 Å². The summed E-state index contributed by atoms with van der Waals surface area (Å²) in [4.78, 5) is 1.98. The second-order valence-electron chi connectivity index (χ2n) is 2.13. The molecule has 1 heterocycles. The van der Waals surface area contributed by atoms with Crippen molar-refractivity contribution in [3.05, 3.63) is 36.8 Å². The Morgan fingerprint density at radius 2 is 1.92 bits per heavy atom. The lowest BCUT2D eigenvalue weighted by Crippen LogP contribution is -2.11. The smallest absolute Gasteiger partial charge is 0.161 e. The Morgan fingerprint density at radius 3 is 2.25 bits per heavy atom. The maximum atomic E-state index is 5.23. The number of ether oxygens (including phenoxy) is 1. The molecule has 1 aliphatic rings. The van der Waals surface area contributed by atoms with Gasteiger partial charge in [-0.05, 0) is 12.2 Å². The zero-order valence-corrected chi connectivity index (χ0v) is 8.13. The highest BCUT2D eigenvalue weighted by Crippen LogP contribution is 2.19. The maximum absolute atomic E-state index is 5.23. The number of rotatable bonds is 2. The minimum absolute atomic E-state index is 0.600. The summed E-state index contributed by atoms with van der Waals surface area (Å²) in [5.74, 6) is 0.817. The Labute approximate surface area is 74.8 Å². The van der Waals surface area contributed by atoms with E-state index in [9.17, 15) is 0 Å². The van der Waals surface area contributed by atoms with Crippen LogP contribution in [-0.4, -0.2) is 18.7 Å². The van der Waals surface area contributed by atoms with Gasteiger partial charge in [0.25, 0.3) is 0 Å². The zero-order chi connectivity index (χ0) is 9.56.